The molecule has 2 aliphatic rings. The largest absolute Gasteiger partial charge is 0.462 e. The van der Waals surface area contributed by atoms with Gasteiger partial charge in [-0.2, -0.15) is 0 Å². The summed E-state index contributed by atoms with van der Waals surface area (Å²) in [6, 6.07) is 6.29. The number of hydrogen-bond acceptors (Lipinski definition) is 5. The zero-order chi connectivity index (χ0) is 20.5. The van der Waals surface area contributed by atoms with E-state index < -0.39 is 17.8 Å². The minimum absolute atomic E-state index is 0.0578. The first kappa shape index (κ1) is 19.8. The van der Waals surface area contributed by atoms with E-state index >= 15 is 0 Å². The molecule has 1 aromatic carbocycles. The average Bonchev–Trinajstić information content (AvgIpc) is 2.60. The fraction of sp³-hybridized carbons (Fsp3) is 0.429. The standard InChI is InChI=1S/C21H24N2O5/c1-4-28-20(27)12-5-7-13(8-6-12)22-19(26)14-9-17(25)23-15-10-21(2,3)11-16(24)18(14)15/h5-8,14H,4,9-11H2,1-3H3,(H,22,26)(H,23,25)/t14-/m0/s1. The topological polar surface area (TPSA) is 102 Å². The molecule has 0 saturated heterocycles. The number of ether oxygens (including phenoxy) is 1. The molecule has 7 heteroatoms. The Hall–Kier alpha value is -2.96. The third-order valence-electron chi connectivity index (χ3n) is 4.93. The van der Waals surface area contributed by atoms with Crippen molar-refractivity contribution in [1.82, 2.24) is 5.32 Å². The molecule has 1 aliphatic heterocycles. The molecule has 7 nitrogen and oxygen atoms in total. The second-order valence-corrected chi connectivity index (χ2v) is 7.93. The van der Waals surface area contributed by atoms with Crippen molar-refractivity contribution < 1.29 is 23.9 Å². The normalized spacial score (nSPS) is 20.9. The maximum absolute atomic E-state index is 12.8. The highest BCUT2D eigenvalue weighted by Crippen LogP contribution is 2.40. The van der Waals surface area contributed by atoms with Gasteiger partial charge in [-0.3, -0.25) is 14.4 Å². The van der Waals surface area contributed by atoms with Crippen molar-refractivity contribution in [2.24, 2.45) is 11.3 Å². The summed E-state index contributed by atoms with van der Waals surface area (Å²) < 4.78 is 4.93. The lowest BCUT2D eigenvalue weighted by molar-refractivity contribution is -0.129. The van der Waals surface area contributed by atoms with Gasteiger partial charge in [-0.25, -0.2) is 4.79 Å². The highest BCUT2D eigenvalue weighted by Gasteiger charge is 2.42. The maximum atomic E-state index is 12.8. The van der Waals surface area contributed by atoms with Crippen molar-refractivity contribution in [2.75, 3.05) is 11.9 Å². The number of nitrogens with one attached hydrogen (secondary N) is 2. The van der Waals surface area contributed by atoms with Crippen molar-refractivity contribution in [2.45, 2.75) is 40.0 Å². The van der Waals surface area contributed by atoms with E-state index in [1.165, 1.54) is 0 Å². The molecule has 0 bridgehead atoms. The van der Waals surface area contributed by atoms with Crippen LogP contribution in [-0.2, 0) is 19.1 Å². The predicted octanol–water partition coefficient (Wildman–Crippen LogP) is 2.58. The number of carbonyl (C=O) groups is 4. The van der Waals surface area contributed by atoms with Crippen molar-refractivity contribution in [3.8, 4) is 0 Å². The predicted molar refractivity (Wildman–Crippen MR) is 102 cm³/mol. The zero-order valence-electron chi connectivity index (χ0n) is 16.3. The number of allylic oxidation sites excluding steroid dienone is 1. The monoisotopic (exact) mass is 384 g/mol. The van der Waals surface area contributed by atoms with Gasteiger partial charge in [0.05, 0.1) is 18.1 Å². The van der Waals surface area contributed by atoms with Crippen LogP contribution in [0, 0.1) is 11.3 Å². The summed E-state index contributed by atoms with van der Waals surface area (Å²) in [6.07, 6.45) is 0.843. The van der Waals surface area contributed by atoms with E-state index in [-0.39, 0.29) is 30.1 Å². The van der Waals surface area contributed by atoms with Crippen LogP contribution in [0.2, 0.25) is 0 Å². The molecule has 0 unspecified atom stereocenters. The molecule has 2 N–H and O–H groups in total. The summed E-state index contributed by atoms with van der Waals surface area (Å²) in [5.74, 6) is -2.00. The molecular formula is C21H24N2O5. The fourth-order valence-electron chi connectivity index (χ4n) is 3.71. The third-order valence-corrected chi connectivity index (χ3v) is 4.93. The summed E-state index contributed by atoms with van der Waals surface area (Å²) in [7, 11) is 0. The van der Waals surface area contributed by atoms with E-state index in [1.54, 1.807) is 31.2 Å². The van der Waals surface area contributed by atoms with Crippen LogP contribution in [-0.4, -0.2) is 30.2 Å². The quantitative estimate of drug-likeness (QED) is 0.777. The summed E-state index contributed by atoms with van der Waals surface area (Å²) in [5.41, 5.74) is 1.60. The number of carbonyl (C=O) groups excluding carboxylic acids is 4. The van der Waals surface area contributed by atoms with Crippen LogP contribution in [0.1, 0.15) is 50.4 Å². The molecule has 28 heavy (non-hydrogen) atoms. The minimum Gasteiger partial charge on any atom is -0.462 e. The summed E-state index contributed by atoms with van der Waals surface area (Å²) >= 11 is 0. The van der Waals surface area contributed by atoms with Crippen LogP contribution in [0.15, 0.2) is 35.5 Å². The van der Waals surface area contributed by atoms with Gasteiger partial charge in [0.15, 0.2) is 5.78 Å². The fourth-order valence-corrected chi connectivity index (χ4v) is 3.71. The van der Waals surface area contributed by atoms with Crippen molar-refractivity contribution in [1.29, 1.82) is 0 Å². The van der Waals surface area contributed by atoms with E-state index in [1.807, 2.05) is 13.8 Å². The molecule has 0 radical (unpaired) electrons. The minimum atomic E-state index is -0.808. The van der Waals surface area contributed by atoms with Crippen molar-refractivity contribution >= 4 is 29.3 Å². The van der Waals surface area contributed by atoms with Gasteiger partial charge >= 0.3 is 5.97 Å². The van der Waals surface area contributed by atoms with Gasteiger partial charge in [-0.05, 0) is 43.0 Å². The van der Waals surface area contributed by atoms with Gasteiger partial charge in [0.1, 0.15) is 0 Å². The van der Waals surface area contributed by atoms with Gasteiger partial charge in [-0.15, -0.1) is 0 Å². The van der Waals surface area contributed by atoms with E-state index in [0.29, 0.717) is 35.4 Å². The van der Waals surface area contributed by atoms with E-state index in [2.05, 4.69) is 10.6 Å². The Morgan fingerprint density at radius 1 is 1.18 bits per heavy atom. The molecule has 1 atom stereocenters. The van der Waals surface area contributed by atoms with Crippen molar-refractivity contribution in [3.63, 3.8) is 0 Å². The van der Waals surface area contributed by atoms with E-state index in [0.717, 1.165) is 0 Å². The highest BCUT2D eigenvalue weighted by molar-refractivity contribution is 6.09. The first-order valence-electron chi connectivity index (χ1n) is 9.34. The van der Waals surface area contributed by atoms with E-state index in [4.69, 9.17) is 4.74 Å². The van der Waals surface area contributed by atoms with Crippen LogP contribution in [0.5, 0.6) is 0 Å². The number of Topliss-reactive ketones (excluding diaryl/α,β-unsaturated/α-hetero) is 1. The maximum Gasteiger partial charge on any atom is 0.338 e. The number of ketones is 1. The first-order valence-corrected chi connectivity index (χ1v) is 9.34. The molecule has 1 aliphatic carbocycles. The lowest BCUT2D eigenvalue weighted by Gasteiger charge is -2.37. The van der Waals surface area contributed by atoms with Crippen LogP contribution < -0.4 is 10.6 Å². The molecule has 0 spiro atoms. The zero-order valence-corrected chi connectivity index (χ0v) is 16.3. The molecule has 2 amide bonds. The van der Waals surface area contributed by atoms with Crippen LogP contribution in [0.3, 0.4) is 0 Å². The number of hydrogen-bond donors (Lipinski definition) is 2. The lowest BCUT2D eigenvalue weighted by Crippen LogP contribution is -2.44. The van der Waals surface area contributed by atoms with Gasteiger partial charge in [0.25, 0.3) is 0 Å². The Labute approximate surface area is 163 Å². The van der Waals surface area contributed by atoms with Crippen molar-refractivity contribution in [3.05, 3.63) is 41.1 Å². The Balaban J connectivity index is 1.79. The van der Waals surface area contributed by atoms with Crippen LogP contribution >= 0.6 is 0 Å². The number of amides is 2. The molecule has 0 saturated carbocycles. The molecule has 3 rings (SSSR count). The summed E-state index contributed by atoms with van der Waals surface area (Å²) in [6.45, 7) is 5.94. The molecule has 0 fully saturated rings. The van der Waals surface area contributed by atoms with Crippen LogP contribution in [0.4, 0.5) is 5.69 Å². The summed E-state index contributed by atoms with van der Waals surface area (Å²) in [4.78, 5) is 49.3. The molecular weight excluding hydrogens is 360 g/mol. The number of benzene rings is 1. The SMILES string of the molecule is CCOC(=O)c1ccc(NC(=O)[C@H]2CC(=O)NC3=C2C(=O)CC(C)(C)C3)cc1. The third kappa shape index (κ3) is 4.13. The summed E-state index contributed by atoms with van der Waals surface area (Å²) in [5, 5.41) is 5.52. The van der Waals surface area contributed by atoms with E-state index in [9.17, 15) is 19.2 Å². The second kappa shape index (κ2) is 7.58. The van der Waals surface area contributed by atoms with Gasteiger partial charge in [0.2, 0.25) is 11.8 Å². The Morgan fingerprint density at radius 2 is 1.86 bits per heavy atom. The Morgan fingerprint density at radius 3 is 2.50 bits per heavy atom. The highest BCUT2D eigenvalue weighted by atomic mass is 16.5. The van der Waals surface area contributed by atoms with Gasteiger partial charge in [0, 0.05) is 29.8 Å². The smallest absolute Gasteiger partial charge is 0.338 e. The lowest BCUT2D eigenvalue weighted by atomic mass is 9.71. The molecule has 148 valence electrons. The van der Waals surface area contributed by atoms with Gasteiger partial charge < -0.3 is 15.4 Å². The first-order chi connectivity index (χ1) is 13.2. The number of rotatable bonds is 4. The molecule has 1 heterocycles. The number of esters is 1. The Bertz CT molecular complexity index is 867. The molecule has 1 aromatic rings. The van der Waals surface area contributed by atoms with Crippen LogP contribution in [0.25, 0.3) is 0 Å². The average molecular weight is 384 g/mol. The molecule has 0 aromatic heterocycles. The Kier molecular flexibility index (Phi) is 5.36. The number of anilines is 1. The van der Waals surface area contributed by atoms with Gasteiger partial charge in [-0.1, -0.05) is 13.8 Å². The second-order valence-electron chi connectivity index (χ2n) is 7.93.